The number of nitrogens with zero attached hydrogens (tertiary/aromatic N) is 4. The molecule has 1 aromatic heterocycles. The number of nitrogen functional groups attached to an aromatic ring is 1. The molecule has 1 aromatic rings. The number of aromatic nitrogens is 2. The minimum Gasteiger partial charge on any atom is -0.348 e. The van der Waals surface area contributed by atoms with Crippen molar-refractivity contribution in [3.05, 3.63) is 16.3 Å². The lowest BCUT2D eigenvalue weighted by molar-refractivity contribution is -0.384. The average Bonchev–Trinajstić information content (AvgIpc) is 2.38. The van der Waals surface area contributed by atoms with Gasteiger partial charge in [-0.3, -0.25) is 15.5 Å². The molecule has 0 amide bonds. The van der Waals surface area contributed by atoms with Crippen LogP contribution in [0.2, 0.25) is 0 Å². The summed E-state index contributed by atoms with van der Waals surface area (Å²) in [5, 5.41) is 11.1. The highest BCUT2D eigenvalue weighted by Gasteiger charge is 2.30. The summed E-state index contributed by atoms with van der Waals surface area (Å²) < 4.78 is 0. The van der Waals surface area contributed by atoms with Gasteiger partial charge in [0.2, 0.25) is 11.8 Å². The Hall–Kier alpha value is -1.96. The van der Waals surface area contributed by atoms with Crippen LogP contribution in [-0.2, 0) is 0 Å². The summed E-state index contributed by atoms with van der Waals surface area (Å²) in [4.78, 5) is 20.5. The summed E-state index contributed by atoms with van der Waals surface area (Å²) in [5.41, 5.74) is 2.24. The molecular formula is C11H18N6O2. The van der Waals surface area contributed by atoms with Crippen molar-refractivity contribution in [3.8, 4) is 0 Å². The van der Waals surface area contributed by atoms with E-state index >= 15 is 0 Å². The standard InChI is InChI=1S/C11H18N6O2/c1-7-3-4-16(8(2)5-7)10-9(17(18)19)6-13-11(14-10)15-12/h6-8H,3-5,12H2,1-2H3,(H,13,14,15). The van der Waals surface area contributed by atoms with Gasteiger partial charge >= 0.3 is 5.69 Å². The van der Waals surface area contributed by atoms with Crippen LogP contribution in [0, 0.1) is 16.0 Å². The largest absolute Gasteiger partial charge is 0.348 e. The van der Waals surface area contributed by atoms with E-state index in [4.69, 9.17) is 5.84 Å². The Morgan fingerprint density at radius 1 is 1.58 bits per heavy atom. The van der Waals surface area contributed by atoms with Gasteiger partial charge in [-0.1, -0.05) is 6.92 Å². The molecule has 2 heterocycles. The molecule has 2 atom stereocenters. The van der Waals surface area contributed by atoms with Crippen molar-refractivity contribution in [3.63, 3.8) is 0 Å². The molecule has 104 valence electrons. The average molecular weight is 266 g/mol. The lowest BCUT2D eigenvalue weighted by Gasteiger charge is -2.36. The third-order valence-electron chi connectivity index (χ3n) is 3.49. The zero-order chi connectivity index (χ0) is 14.0. The third kappa shape index (κ3) is 2.73. The van der Waals surface area contributed by atoms with Gasteiger partial charge in [-0.05, 0) is 25.7 Å². The van der Waals surface area contributed by atoms with E-state index in [1.807, 2.05) is 4.90 Å². The zero-order valence-electron chi connectivity index (χ0n) is 11.0. The van der Waals surface area contributed by atoms with Crippen molar-refractivity contribution < 1.29 is 4.92 Å². The Labute approximate surface area is 111 Å². The number of nitro groups is 1. The summed E-state index contributed by atoms with van der Waals surface area (Å²) in [6.07, 6.45) is 3.19. The van der Waals surface area contributed by atoms with Gasteiger partial charge in [-0.15, -0.1) is 0 Å². The molecule has 1 aliphatic rings. The van der Waals surface area contributed by atoms with Gasteiger partial charge in [0.15, 0.2) is 0 Å². The molecule has 2 rings (SSSR count). The number of rotatable bonds is 3. The first kappa shape index (κ1) is 13.5. The molecule has 3 N–H and O–H groups in total. The van der Waals surface area contributed by atoms with E-state index in [1.165, 1.54) is 6.20 Å². The van der Waals surface area contributed by atoms with Gasteiger partial charge in [0, 0.05) is 12.6 Å². The number of anilines is 2. The molecular weight excluding hydrogens is 248 g/mol. The van der Waals surface area contributed by atoms with Crippen molar-refractivity contribution in [1.29, 1.82) is 0 Å². The maximum atomic E-state index is 11.1. The first-order chi connectivity index (χ1) is 9.02. The van der Waals surface area contributed by atoms with E-state index in [0.29, 0.717) is 11.7 Å². The lowest BCUT2D eigenvalue weighted by Crippen LogP contribution is -2.41. The van der Waals surface area contributed by atoms with Crippen LogP contribution in [0.4, 0.5) is 17.5 Å². The van der Waals surface area contributed by atoms with Crippen molar-refractivity contribution in [2.75, 3.05) is 16.9 Å². The number of piperidine rings is 1. The topological polar surface area (TPSA) is 110 Å². The van der Waals surface area contributed by atoms with E-state index < -0.39 is 4.92 Å². The van der Waals surface area contributed by atoms with Gasteiger partial charge in [0.1, 0.15) is 6.20 Å². The van der Waals surface area contributed by atoms with E-state index in [1.54, 1.807) is 0 Å². The Bertz CT molecular complexity index is 480. The minimum absolute atomic E-state index is 0.0830. The maximum Gasteiger partial charge on any atom is 0.329 e. The molecule has 0 aromatic carbocycles. The smallest absolute Gasteiger partial charge is 0.329 e. The number of hydrogen-bond acceptors (Lipinski definition) is 7. The number of nitrogens with two attached hydrogens (primary N) is 1. The quantitative estimate of drug-likeness (QED) is 0.482. The minimum atomic E-state index is -0.458. The van der Waals surface area contributed by atoms with Crippen molar-refractivity contribution >= 4 is 17.5 Å². The number of hydrogen-bond donors (Lipinski definition) is 2. The van der Waals surface area contributed by atoms with Gasteiger partial charge < -0.3 is 4.90 Å². The van der Waals surface area contributed by atoms with Gasteiger partial charge in [-0.25, -0.2) is 10.8 Å². The fraction of sp³-hybridized carbons (Fsp3) is 0.636. The summed E-state index contributed by atoms with van der Waals surface area (Å²) in [5.74, 6) is 6.42. The number of nitrogens with one attached hydrogen (secondary N) is 1. The summed E-state index contributed by atoms with van der Waals surface area (Å²) >= 11 is 0. The summed E-state index contributed by atoms with van der Waals surface area (Å²) in [6.45, 7) is 5.00. The van der Waals surface area contributed by atoms with Crippen molar-refractivity contribution in [1.82, 2.24) is 9.97 Å². The highest BCUT2D eigenvalue weighted by atomic mass is 16.6. The molecule has 1 fully saturated rings. The van der Waals surface area contributed by atoms with E-state index in [2.05, 4.69) is 29.2 Å². The van der Waals surface area contributed by atoms with Gasteiger partial charge in [-0.2, -0.15) is 4.98 Å². The van der Waals surface area contributed by atoms with Crippen LogP contribution in [0.25, 0.3) is 0 Å². The summed E-state index contributed by atoms with van der Waals surface area (Å²) in [6, 6.07) is 0.211. The van der Waals surface area contributed by atoms with Crippen molar-refractivity contribution in [2.45, 2.75) is 32.7 Å². The lowest BCUT2D eigenvalue weighted by atomic mass is 9.93. The second-order valence-corrected chi connectivity index (χ2v) is 4.98. The molecule has 1 saturated heterocycles. The van der Waals surface area contributed by atoms with Crippen LogP contribution < -0.4 is 16.2 Å². The van der Waals surface area contributed by atoms with Crippen LogP contribution in [0.1, 0.15) is 26.7 Å². The van der Waals surface area contributed by atoms with Gasteiger partial charge in [0.05, 0.1) is 4.92 Å². The summed E-state index contributed by atoms with van der Waals surface area (Å²) in [7, 11) is 0. The molecule has 2 unspecified atom stereocenters. The van der Waals surface area contributed by atoms with Crippen LogP contribution in [0.15, 0.2) is 6.20 Å². The van der Waals surface area contributed by atoms with Crippen LogP contribution in [0.5, 0.6) is 0 Å². The first-order valence-corrected chi connectivity index (χ1v) is 6.27. The normalized spacial score (nSPS) is 23.2. The van der Waals surface area contributed by atoms with Gasteiger partial charge in [0.25, 0.3) is 0 Å². The second-order valence-electron chi connectivity index (χ2n) is 4.98. The van der Waals surface area contributed by atoms with Crippen LogP contribution in [-0.4, -0.2) is 27.5 Å². The molecule has 19 heavy (non-hydrogen) atoms. The fourth-order valence-corrected chi connectivity index (χ4v) is 2.50. The van der Waals surface area contributed by atoms with E-state index in [-0.39, 0.29) is 17.7 Å². The molecule has 8 heteroatoms. The Balaban J connectivity index is 2.38. The maximum absolute atomic E-state index is 11.1. The SMILES string of the molecule is CC1CCN(c2nc(NN)ncc2[N+](=O)[O-])C(C)C1. The Morgan fingerprint density at radius 3 is 2.89 bits per heavy atom. The van der Waals surface area contributed by atoms with Crippen molar-refractivity contribution in [2.24, 2.45) is 11.8 Å². The predicted octanol–water partition coefficient (Wildman–Crippen LogP) is 1.30. The Kier molecular flexibility index (Phi) is 3.79. The van der Waals surface area contributed by atoms with Crippen LogP contribution >= 0.6 is 0 Å². The molecule has 0 saturated carbocycles. The van der Waals surface area contributed by atoms with E-state index in [9.17, 15) is 10.1 Å². The second kappa shape index (κ2) is 5.35. The molecule has 0 bridgehead atoms. The van der Waals surface area contributed by atoms with Crippen LogP contribution in [0.3, 0.4) is 0 Å². The zero-order valence-corrected chi connectivity index (χ0v) is 11.0. The molecule has 1 aliphatic heterocycles. The van der Waals surface area contributed by atoms with E-state index in [0.717, 1.165) is 19.4 Å². The molecule has 0 radical (unpaired) electrons. The number of hydrazine groups is 1. The first-order valence-electron chi connectivity index (χ1n) is 6.27. The molecule has 8 nitrogen and oxygen atoms in total. The highest BCUT2D eigenvalue weighted by molar-refractivity contribution is 5.59. The molecule has 0 aliphatic carbocycles. The predicted molar refractivity (Wildman–Crippen MR) is 71.7 cm³/mol. The molecule has 0 spiro atoms. The fourth-order valence-electron chi connectivity index (χ4n) is 2.50. The third-order valence-corrected chi connectivity index (χ3v) is 3.49. The Morgan fingerprint density at radius 2 is 2.32 bits per heavy atom. The highest BCUT2D eigenvalue weighted by Crippen LogP contribution is 2.32. The monoisotopic (exact) mass is 266 g/mol.